The van der Waals surface area contributed by atoms with E-state index in [4.69, 9.17) is 11.6 Å². The molecule has 1 aromatic rings. The number of hydrogen-bond acceptors (Lipinski definition) is 0. The van der Waals surface area contributed by atoms with Crippen LogP contribution in [0, 0.1) is 0 Å². The van der Waals surface area contributed by atoms with E-state index in [0.717, 1.165) is 11.4 Å². The number of hydrogen-bond donors (Lipinski definition) is 0. The van der Waals surface area contributed by atoms with Crippen molar-refractivity contribution >= 4 is 17.7 Å². The van der Waals surface area contributed by atoms with Crippen molar-refractivity contribution in [2.75, 3.05) is 0 Å². The zero-order chi connectivity index (χ0) is 10.2. The van der Waals surface area contributed by atoms with Gasteiger partial charge in [-0.1, -0.05) is 61.4 Å². The first-order valence-corrected chi connectivity index (χ1v) is 5.29. The van der Waals surface area contributed by atoms with Gasteiger partial charge in [0.15, 0.2) is 0 Å². The second-order valence-corrected chi connectivity index (χ2v) is 3.56. The molecule has 0 nitrogen and oxygen atoms in total. The van der Waals surface area contributed by atoms with E-state index in [-0.39, 0.29) is 0 Å². The van der Waals surface area contributed by atoms with Crippen LogP contribution in [0.3, 0.4) is 0 Å². The van der Waals surface area contributed by atoms with Gasteiger partial charge in [-0.2, -0.15) is 0 Å². The zero-order valence-corrected chi connectivity index (χ0v) is 9.17. The molecule has 0 saturated carbocycles. The van der Waals surface area contributed by atoms with E-state index in [1.165, 1.54) is 12.0 Å². The van der Waals surface area contributed by atoms with Gasteiger partial charge in [-0.15, -0.1) is 0 Å². The summed E-state index contributed by atoms with van der Waals surface area (Å²) in [4.78, 5) is 0. The minimum absolute atomic E-state index is 0.781. The van der Waals surface area contributed by atoms with Gasteiger partial charge in [-0.05, 0) is 24.1 Å². The predicted molar refractivity (Wildman–Crippen MR) is 64.5 cm³/mol. The predicted octanol–water partition coefficient (Wildman–Crippen LogP) is 4.71. The van der Waals surface area contributed by atoms with Gasteiger partial charge in [-0.3, -0.25) is 0 Å². The molecule has 74 valence electrons. The largest absolute Gasteiger partial charge is 0.0845 e. The lowest BCUT2D eigenvalue weighted by molar-refractivity contribution is 0.959. The highest BCUT2D eigenvalue weighted by molar-refractivity contribution is 6.30. The van der Waals surface area contributed by atoms with E-state index >= 15 is 0 Å². The van der Waals surface area contributed by atoms with Crippen molar-refractivity contribution in [1.82, 2.24) is 0 Å². The molecule has 0 heterocycles. The molecule has 1 rings (SSSR count). The van der Waals surface area contributed by atoms with Gasteiger partial charge >= 0.3 is 0 Å². The molecule has 0 saturated heterocycles. The Labute approximate surface area is 90.9 Å². The Kier molecular flexibility index (Phi) is 5.09. The lowest BCUT2D eigenvalue weighted by Crippen LogP contribution is -1.69. The maximum atomic E-state index is 5.78. The zero-order valence-electron chi connectivity index (χ0n) is 8.41. The molecule has 0 aliphatic carbocycles. The lowest BCUT2D eigenvalue weighted by atomic mass is 10.2. The molecule has 0 aromatic heterocycles. The normalized spacial score (nSPS) is 11.6. The number of allylic oxidation sites excluding steroid dienone is 3. The smallest absolute Gasteiger partial charge is 0.0406 e. The van der Waals surface area contributed by atoms with E-state index in [1.54, 1.807) is 0 Å². The first-order valence-electron chi connectivity index (χ1n) is 4.91. The Hall–Kier alpha value is -1.01. The summed E-state index contributed by atoms with van der Waals surface area (Å²) in [5.41, 5.74) is 1.18. The summed E-state index contributed by atoms with van der Waals surface area (Å²) in [5.74, 6) is 0. The molecular formula is C13H15Cl. The monoisotopic (exact) mass is 206 g/mol. The molecule has 0 N–H and O–H groups in total. The number of unbranched alkanes of at least 4 members (excludes halogenated alkanes) is 1. The van der Waals surface area contributed by atoms with Crippen molar-refractivity contribution in [1.29, 1.82) is 0 Å². The molecule has 0 aliphatic rings. The molecule has 0 spiro atoms. The quantitative estimate of drug-likeness (QED) is 0.626. The minimum Gasteiger partial charge on any atom is -0.0845 e. The van der Waals surface area contributed by atoms with Gasteiger partial charge in [0.05, 0.1) is 0 Å². The summed E-state index contributed by atoms with van der Waals surface area (Å²) in [6, 6.07) is 7.81. The molecule has 0 fully saturated rings. The second kappa shape index (κ2) is 6.44. The van der Waals surface area contributed by atoms with Crippen molar-refractivity contribution in [3.8, 4) is 0 Å². The van der Waals surface area contributed by atoms with Crippen LogP contribution in [-0.4, -0.2) is 0 Å². The summed E-state index contributed by atoms with van der Waals surface area (Å²) in [6.07, 6.45) is 10.7. The third-order valence-electron chi connectivity index (χ3n) is 1.86. The Morgan fingerprint density at radius 1 is 1.14 bits per heavy atom. The van der Waals surface area contributed by atoms with Crippen molar-refractivity contribution in [3.05, 3.63) is 53.1 Å². The van der Waals surface area contributed by atoms with Crippen LogP contribution >= 0.6 is 11.6 Å². The maximum Gasteiger partial charge on any atom is 0.0406 e. The standard InChI is InChI=1S/C13H15Cl/c1-2-3-4-5-6-7-12-8-10-13(14)11-9-12/h4-11H,2-3H2,1H3/b5-4+,7-6+. The fourth-order valence-electron chi connectivity index (χ4n) is 1.08. The van der Waals surface area contributed by atoms with Gasteiger partial charge < -0.3 is 0 Å². The van der Waals surface area contributed by atoms with E-state index < -0.39 is 0 Å². The first-order chi connectivity index (χ1) is 6.83. The molecule has 0 bridgehead atoms. The Morgan fingerprint density at radius 2 is 1.86 bits per heavy atom. The molecular weight excluding hydrogens is 192 g/mol. The fourth-order valence-corrected chi connectivity index (χ4v) is 1.21. The van der Waals surface area contributed by atoms with Gasteiger partial charge in [0.1, 0.15) is 0 Å². The van der Waals surface area contributed by atoms with Crippen molar-refractivity contribution in [2.45, 2.75) is 19.8 Å². The Bertz CT molecular complexity index is 307. The molecule has 0 atom stereocenters. The molecule has 1 heteroatoms. The molecule has 14 heavy (non-hydrogen) atoms. The van der Waals surface area contributed by atoms with E-state index in [1.807, 2.05) is 24.3 Å². The van der Waals surface area contributed by atoms with Gasteiger partial charge in [0.2, 0.25) is 0 Å². The highest BCUT2D eigenvalue weighted by Gasteiger charge is 1.85. The van der Waals surface area contributed by atoms with Gasteiger partial charge in [0.25, 0.3) is 0 Å². The third kappa shape index (κ3) is 4.29. The Morgan fingerprint density at radius 3 is 2.50 bits per heavy atom. The van der Waals surface area contributed by atoms with Crippen LogP contribution in [-0.2, 0) is 0 Å². The molecule has 0 amide bonds. The number of benzene rings is 1. The molecule has 0 aliphatic heterocycles. The fraction of sp³-hybridized carbons (Fsp3) is 0.231. The average molecular weight is 207 g/mol. The van der Waals surface area contributed by atoms with Crippen LogP contribution in [0.1, 0.15) is 25.3 Å². The van der Waals surface area contributed by atoms with E-state index in [0.29, 0.717) is 0 Å². The van der Waals surface area contributed by atoms with Crippen LogP contribution in [0.4, 0.5) is 0 Å². The Balaban J connectivity index is 2.47. The summed E-state index contributed by atoms with van der Waals surface area (Å²) >= 11 is 5.78. The third-order valence-corrected chi connectivity index (χ3v) is 2.11. The van der Waals surface area contributed by atoms with Crippen LogP contribution in [0.15, 0.2) is 42.5 Å². The number of rotatable bonds is 4. The topological polar surface area (TPSA) is 0 Å². The highest BCUT2D eigenvalue weighted by Crippen LogP contribution is 2.10. The summed E-state index contributed by atoms with van der Waals surface area (Å²) < 4.78 is 0. The average Bonchev–Trinajstić information content (AvgIpc) is 2.21. The van der Waals surface area contributed by atoms with Crippen LogP contribution < -0.4 is 0 Å². The first kappa shape index (κ1) is 11.1. The SMILES string of the molecule is CCC/C=C/C=C/c1ccc(Cl)cc1. The molecule has 0 radical (unpaired) electrons. The highest BCUT2D eigenvalue weighted by atomic mass is 35.5. The number of halogens is 1. The summed E-state index contributed by atoms with van der Waals surface area (Å²) in [6.45, 7) is 2.17. The molecule has 0 unspecified atom stereocenters. The van der Waals surface area contributed by atoms with Gasteiger partial charge in [0, 0.05) is 5.02 Å². The van der Waals surface area contributed by atoms with Crippen molar-refractivity contribution in [2.24, 2.45) is 0 Å². The minimum atomic E-state index is 0.781. The summed E-state index contributed by atoms with van der Waals surface area (Å²) in [5, 5.41) is 0.781. The maximum absolute atomic E-state index is 5.78. The van der Waals surface area contributed by atoms with E-state index in [9.17, 15) is 0 Å². The lowest BCUT2D eigenvalue weighted by Gasteiger charge is -1.91. The van der Waals surface area contributed by atoms with Crippen LogP contribution in [0.5, 0.6) is 0 Å². The van der Waals surface area contributed by atoms with Gasteiger partial charge in [-0.25, -0.2) is 0 Å². The molecule has 1 aromatic carbocycles. The second-order valence-electron chi connectivity index (χ2n) is 3.13. The van der Waals surface area contributed by atoms with Crippen LogP contribution in [0.2, 0.25) is 5.02 Å². The van der Waals surface area contributed by atoms with E-state index in [2.05, 4.69) is 31.2 Å². The van der Waals surface area contributed by atoms with Crippen molar-refractivity contribution < 1.29 is 0 Å². The van der Waals surface area contributed by atoms with Crippen LogP contribution in [0.25, 0.3) is 6.08 Å². The van der Waals surface area contributed by atoms with Crippen molar-refractivity contribution in [3.63, 3.8) is 0 Å². The summed E-state index contributed by atoms with van der Waals surface area (Å²) in [7, 11) is 0.